The Kier molecular flexibility index (Phi) is 9.40. The number of carbonyl (C=O) groups excluding carboxylic acids is 5. The molecule has 7 rings (SSSR count). The summed E-state index contributed by atoms with van der Waals surface area (Å²) in [7, 11) is 0. The first-order chi connectivity index (χ1) is 23.4. The molecule has 2 N–H and O–H groups in total. The first-order valence-corrected chi connectivity index (χ1v) is 17.3. The average molecular weight is 657 g/mol. The van der Waals surface area contributed by atoms with Crippen molar-refractivity contribution < 1.29 is 24.0 Å². The lowest BCUT2D eigenvalue weighted by Crippen LogP contribution is -2.54. The van der Waals surface area contributed by atoms with Crippen molar-refractivity contribution in [3.05, 3.63) is 47.7 Å². The summed E-state index contributed by atoms with van der Waals surface area (Å²) in [4.78, 5) is 76.8. The molecule has 1 unspecified atom stereocenters. The number of benzene rings is 1. The summed E-state index contributed by atoms with van der Waals surface area (Å²) in [6.45, 7) is 10.3. The van der Waals surface area contributed by atoms with E-state index in [1.54, 1.807) is 6.07 Å². The lowest BCUT2D eigenvalue weighted by atomic mass is 9.94. The van der Waals surface area contributed by atoms with Crippen LogP contribution in [0.2, 0.25) is 0 Å². The largest absolute Gasteiger partial charge is 0.371 e. The second kappa shape index (κ2) is 14.0. The number of anilines is 3. The molecular weight excluding hydrogens is 612 g/mol. The highest BCUT2D eigenvalue weighted by Gasteiger charge is 2.46. The zero-order valence-corrected chi connectivity index (χ0v) is 27.3. The minimum atomic E-state index is -0.956. The highest BCUT2D eigenvalue weighted by molar-refractivity contribution is 6.25. The van der Waals surface area contributed by atoms with Crippen LogP contribution in [0.5, 0.6) is 0 Å². The summed E-state index contributed by atoms with van der Waals surface area (Å²) in [5, 5.41) is 4.86. The van der Waals surface area contributed by atoms with E-state index in [-0.39, 0.29) is 18.7 Å². The molecule has 5 amide bonds. The minimum absolute atomic E-state index is 0.108. The van der Waals surface area contributed by atoms with E-state index >= 15 is 0 Å². The van der Waals surface area contributed by atoms with Crippen LogP contribution in [0.15, 0.2) is 36.5 Å². The molecule has 254 valence electrons. The SMILES string of the molecule is O=CNc1ccc(N2CCC(CN3CCN(CC4CCN(c5cccc6c5C(=O)N(C5CCC(=O)NC5=O)C6=O)CC4)CC3)CC2)cn1. The zero-order chi connectivity index (χ0) is 33.2. The zero-order valence-electron chi connectivity index (χ0n) is 27.3. The van der Waals surface area contributed by atoms with Gasteiger partial charge in [-0.05, 0) is 68.2 Å². The average Bonchev–Trinajstić information content (AvgIpc) is 3.36. The Balaban J connectivity index is 0.852. The van der Waals surface area contributed by atoms with E-state index in [0.29, 0.717) is 35.2 Å². The molecule has 0 radical (unpaired) electrons. The van der Waals surface area contributed by atoms with Crippen LogP contribution in [0.3, 0.4) is 0 Å². The van der Waals surface area contributed by atoms with Crippen molar-refractivity contribution in [2.75, 3.05) is 80.6 Å². The lowest BCUT2D eigenvalue weighted by molar-refractivity contribution is -0.136. The number of carbonyl (C=O) groups is 5. The second-order valence-electron chi connectivity index (χ2n) is 13.8. The summed E-state index contributed by atoms with van der Waals surface area (Å²) in [6.07, 6.45) is 7.13. The highest BCUT2D eigenvalue weighted by Crippen LogP contribution is 2.36. The van der Waals surface area contributed by atoms with Gasteiger partial charge in [0.2, 0.25) is 18.2 Å². The number of imide groups is 2. The van der Waals surface area contributed by atoms with Gasteiger partial charge >= 0.3 is 0 Å². The molecule has 0 bridgehead atoms. The number of aromatic nitrogens is 1. The maximum absolute atomic E-state index is 13.6. The minimum Gasteiger partial charge on any atom is -0.371 e. The fraction of sp³-hybridized carbons (Fsp3) is 0.543. The molecule has 0 saturated carbocycles. The van der Waals surface area contributed by atoms with E-state index in [1.165, 1.54) is 12.8 Å². The third-order valence-corrected chi connectivity index (χ3v) is 10.8. The highest BCUT2D eigenvalue weighted by atomic mass is 16.2. The van der Waals surface area contributed by atoms with Crippen molar-refractivity contribution in [2.45, 2.75) is 44.6 Å². The Morgan fingerprint density at radius 2 is 1.42 bits per heavy atom. The monoisotopic (exact) mass is 656 g/mol. The fourth-order valence-corrected chi connectivity index (χ4v) is 8.09. The van der Waals surface area contributed by atoms with Crippen LogP contribution in [0.4, 0.5) is 17.2 Å². The first kappa shape index (κ1) is 32.2. The van der Waals surface area contributed by atoms with Crippen molar-refractivity contribution in [1.82, 2.24) is 25.0 Å². The van der Waals surface area contributed by atoms with Crippen LogP contribution in [-0.4, -0.2) is 121 Å². The van der Waals surface area contributed by atoms with E-state index in [1.807, 2.05) is 30.5 Å². The lowest BCUT2D eigenvalue weighted by Gasteiger charge is -2.41. The molecule has 6 heterocycles. The van der Waals surface area contributed by atoms with Gasteiger partial charge < -0.3 is 24.9 Å². The van der Waals surface area contributed by atoms with Gasteiger partial charge in [-0.1, -0.05) is 6.07 Å². The normalized spacial score (nSPS) is 23.4. The molecule has 0 aliphatic carbocycles. The fourth-order valence-electron chi connectivity index (χ4n) is 8.09. The predicted octanol–water partition coefficient (Wildman–Crippen LogP) is 1.80. The standard InChI is InChI=1S/C35H44N8O5/c44-23-37-30-6-4-26(20-36-30)41-12-8-24(9-13-41)21-39-16-18-40(19-17-39)22-25-10-14-42(15-11-25)28-3-1-2-27-32(28)35(48)43(34(27)47)29-5-7-31(45)38-33(29)46/h1-4,6,20,23-25,29H,5,7-19,21-22H2,(H,36,37,44)(H,38,45,46). The van der Waals surface area contributed by atoms with Crippen LogP contribution in [0.25, 0.3) is 0 Å². The van der Waals surface area contributed by atoms with Gasteiger partial charge in [-0.2, -0.15) is 0 Å². The van der Waals surface area contributed by atoms with Crippen molar-refractivity contribution in [3.63, 3.8) is 0 Å². The number of fused-ring (bicyclic) bond motifs is 1. The summed E-state index contributed by atoms with van der Waals surface area (Å²) < 4.78 is 0. The number of rotatable bonds is 9. The van der Waals surface area contributed by atoms with E-state index in [4.69, 9.17) is 0 Å². The second-order valence-corrected chi connectivity index (χ2v) is 13.8. The van der Waals surface area contributed by atoms with E-state index in [2.05, 4.69) is 35.2 Å². The molecule has 1 aromatic carbocycles. The molecule has 13 heteroatoms. The first-order valence-electron chi connectivity index (χ1n) is 17.3. The molecule has 2 aromatic rings. The smallest absolute Gasteiger partial charge is 0.264 e. The number of nitrogens with zero attached hydrogens (tertiary/aromatic N) is 6. The summed E-state index contributed by atoms with van der Waals surface area (Å²) in [6, 6.07) is 8.30. The Morgan fingerprint density at radius 1 is 0.771 bits per heavy atom. The molecule has 0 spiro atoms. The molecule has 48 heavy (non-hydrogen) atoms. The van der Waals surface area contributed by atoms with Gasteiger partial charge in [-0.15, -0.1) is 0 Å². The number of nitrogens with one attached hydrogen (secondary N) is 2. The Bertz CT molecular complexity index is 1540. The maximum atomic E-state index is 13.6. The molecule has 4 saturated heterocycles. The van der Waals surface area contributed by atoms with Gasteiger partial charge in [0.15, 0.2) is 0 Å². The number of piperidine rings is 3. The van der Waals surface area contributed by atoms with Crippen LogP contribution in [0, 0.1) is 11.8 Å². The van der Waals surface area contributed by atoms with Crippen molar-refractivity contribution >= 4 is 47.2 Å². The van der Waals surface area contributed by atoms with E-state index in [0.717, 1.165) is 94.6 Å². The van der Waals surface area contributed by atoms with Crippen molar-refractivity contribution in [3.8, 4) is 0 Å². The van der Waals surface area contributed by atoms with Crippen molar-refractivity contribution in [2.24, 2.45) is 11.8 Å². The molecule has 4 fully saturated rings. The van der Waals surface area contributed by atoms with Gasteiger partial charge in [0.25, 0.3) is 11.8 Å². The third-order valence-electron chi connectivity index (χ3n) is 10.8. The molecule has 13 nitrogen and oxygen atoms in total. The quantitative estimate of drug-likeness (QED) is 0.304. The molecule has 5 aliphatic heterocycles. The molecular formula is C35H44N8O5. The van der Waals surface area contributed by atoms with Gasteiger partial charge in [0, 0.05) is 71.9 Å². The van der Waals surface area contributed by atoms with E-state index < -0.39 is 23.8 Å². The Morgan fingerprint density at radius 3 is 2.00 bits per heavy atom. The number of pyridine rings is 1. The molecule has 5 aliphatic rings. The third kappa shape index (κ3) is 6.66. The van der Waals surface area contributed by atoms with Crippen molar-refractivity contribution in [1.29, 1.82) is 0 Å². The van der Waals surface area contributed by atoms with Crippen LogP contribution in [0.1, 0.15) is 59.2 Å². The topological polar surface area (TPSA) is 138 Å². The number of hydrogen-bond donors (Lipinski definition) is 2. The van der Waals surface area contributed by atoms with Gasteiger partial charge in [-0.3, -0.25) is 34.2 Å². The van der Waals surface area contributed by atoms with Crippen LogP contribution in [-0.2, 0) is 14.4 Å². The predicted molar refractivity (Wildman–Crippen MR) is 180 cm³/mol. The summed E-state index contributed by atoms with van der Waals surface area (Å²) >= 11 is 0. The van der Waals surface area contributed by atoms with Gasteiger partial charge in [-0.25, -0.2) is 4.98 Å². The number of piperazine rings is 1. The van der Waals surface area contributed by atoms with Gasteiger partial charge in [0.1, 0.15) is 11.9 Å². The molecule has 1 aromatic heterocycles. The summed E-state index contributed by atoms with van der Waals surface area (Å²) in [5.41, 5.74) is 2.59. The van der Waals surface area contributed by atoms with Gasteiger partial charge in [0.05, 0.1) is 28.7 Å². The molecule has 1 atom stereocenters. The van der Waals surface area contributed by atoms with E-state index in [9.17, 15) is 24.0 Å². The van der Waals surface area contributed by atoms with Crippen LogP contribution >= 0.6 is 0 Å². The van der Waals surface area contributed by atoms with Crippen LogP contribution < -0.4 is 20.4 Å². The number of hydrogen-bond acceptors (Lipinski definition) is 10. The Hall–Kier alpha value is -4.36. The Labute approximate surface area is 280 Å². The number of amides is 5. The maximum Gasteiger partial charge on any atom is 0.264 e. The summed E-state index contributed by atoms with van der Waals surface area (Å²) in [5.74, 6) is 0.00192.